The van der Waals surface area contributed by atoms with Gasteiger partial charge in [0.2, 0.25) is 0 Å². The monoisotopic (exact) mass is 340 g/mol. The Morgan fingerprint density at radius 2 is 1.80 bits per heavy atom. The summed E-state index contributed by atoms with van der Waals surface area (Å²) >= 11 is 0. The van der Waals surface area contributed by atoms with Crippen LogP contribution in [-0.4, -0.2) is 15.9 Å². The Balaban J connectivity index is 0. The van der Waals surface area contributed by atoms with Crippen molar-refractivity contribution in [3.63, 3.8) is 0 Å². The number of rotatable bonds is 3. The number of pyridine rings is 1. The highest BCUT2D eigenvalue weighted by Crippen LogP contribution is 2.20. The van der Waals surface area contributed by atoms with Crippen LogP contribution in [0, 0.1) is 0 Å². The minimum atomic E-state index is -0.109. The Labute approximate surface area is 134 Å². The molecule has 0 aromatic carbocycles. The van der Waals surface area contributed by atoms with Gasteiger partial charge in [-0.15, -0.1) is 37.2 Å². The SMILES string of the molecule is Cl.Cl.Cl.NCc1cccc(-c2coc(N=C(N)N)n2)n1. The molecular formula is C10H15Cl3N6O. The van der Waals surface area contributed by atoms with E-state index in [2.05, 4.69) is 15.0 Å². The summed E-state index contributed by atoms with van der Waals surface area (Å²) in [5.74, 6) is -0.109. The molecule has 0 amide bonds. The number of aromatic nitrogens is 2. The van der Waals surface area contributed by atoms with Crippen molar-refractivity contribution < 1.29 is 4.42 Å². The molecule has 7 nitrogen and oxygen atoms in total. The molecule has 2 aromatic rings. The van der Waals surface area contributed by atoms with Gasteiger partial charge in [-0.25, -0.2) is 4.98 Å². The van der Waals surface area contributed by atoms with E-state index in [9.17, 15) is 0 Å². The lowest BCUT2D eigenvalue weighted by atomic mass is 10.2. The quantitative estimate of drug-likeness (QED) is 0.571. The van der Waals surface area contributed by atoms with Crippen LogP contribution < -0.4 is 17.2 Å². The molecule has 0 atom stereocenters. The van der Waals surface area contributed by atoms with Crippen molar-refractivity contribution >= 4 is 49.2 Å². The van der Waals surface area contributed by atoms with Crippen LogP contribution in [-0.2, 0) is 6.54 Å². The first-order valence-electron chi connectivity index (χ1n) is 4.90. The molecule has 0 aliphatic rings. The lowest BCUT2D eigenvalue weighted by Gasteiger charge is -1.98. The third-order valence-electron chi connectivity index (χ3n) is 2.00. The number of guanidine groups is 1. The first-order chi connectivity index (χ1) is 8.19. The second-order valence-electron chi connectivity index (χ2n) is 3.27. The predicted octanol–water partition coefficient (Wildman–Crippen LogP) is 1.37. The number of oxazole rings is 1. The van der Waals surface area contributed by atoms with Gasteiger partial charge in [0.1, 0.15) is 12.0 Å². The zero-order chi connectivity index (χ0) is 12.3. The summed E-state index contributed by atoms with van der Waals surface area (Å²) < 4.78 is 5.07. The molecule has 0 unspecified atom stereocenters. The van der Waals surface area contributed by atoms with E-state index in [1.807, 2.05) is 12.1 Å². The van der Waals surface area contributed by atoms with E-state index in [-0.39, 0.29) is 49.2 Å². The first kappa shape index (κ1) is 20.8. The van der Waals surface area contributed by atoms with Crippen molar-refractivity contribution in [1.82, 2.24) is 9.97 Å². The molecule has 0 saturated heterocycles. The Bertz CT molecular complexity index is 555. The Kier molecular flexibility index (Phi) is 9.74. The van der Waals surface area contributed by atoms with Crippen LogP contribution in [0.15, 0.2) is 33.9 Å². The molecule has 0 bridgehead atoms. The fourth-order valence-corrected chi connectivity index (χ4v) is 1.28. The van der Waals surface area contributed by atoms with Crippen molar-refractivity contribution in [3.05, 3.63) is 30.2 Å². The molecule has 0 radical (unpaired) electrons. The molecule has 20 heavy (non-hydrogen) atoms. The van der Waals surface area contributed by atoms with Gasteiger partial charge in [-0.1, -0.05) is 6.07 Å². The molecule has 2 aromatic heterocycles. The van der Waals surface area contributed by atoms with Gasteiger partial charge in [-0.3, -0.25) is 0 Å². The van der Waals surface area contributed by atoms with Crippen LogP contribution in [0.25, 0.3) is 11.4 Å². The van der Waals surface area contributed by atoms with Gasteiger partial charge in [0.25, 0.3) is 0 Å². The lowest BCUT2D eigenvalue weighted by molar-refractivity contribution is 0.570. The molecule has 0 saturated carbocycles. The van der Waals surface area contributed by atoms with Gasteiger partial charge in [-0.05, 0) is 12.1 Å². The van der Waals surface area contributed by atoms with E-state index in [1.165, 1.54) is 6.26 Å². The van der Waals surface area contributed by atoms with Gasteiger partial charge in [0, 0.05) is 6.54 Å². The number of nitrogens with zero attached hydrogens (tertiary/aromatic N) is 3. The fraction of sp³-hybridized carbons (Fsp3) is 0.100. The number of nitrogens with two attached hydrogens (primary N) is 3. The molecule has 0 fully saturated rings. The third kappa shape index (κ3) is 5.22. The predicted molar refractivity (Wildman–Crippen MR) is 84.8 cm³/mol. The van der Waals surface area contributed by atoms with Crippen LogP contribution >= 0.6 is 37.2 Å². The third-order valence-corrected chi connectivity index (χ3v) is 2.00. The van der Waals surface area contributed by atoms with Gasteiger partial charge in [-0.2, -0.15) is 9.98 Å². The largest absolute Gasteiger partial charge is 0.430 e. The van der Waals surface area contributed by atoms with E-state index < -0.39 is 0 Å². The second-order valence-corrected chi connectivity index (χ2v) is 3.27. The number of hydrogen-bond acceptors (Lipinski definition) is 5. The van der Waals surface area contributed by atoms with Gasteiger partial charge in [0.15, 0.2) is 5.96 Å². The Morgan fingerprint density at radius 3 is 2.40 bits per heavy atom. The molecule has 2 rings (SSSR count). The van der Waals surface area contributed by atoms with Crippen molar-refractivity contribution in [2.45, 2.75) is 6.54 Å². The first-order valence-corrected chi connectivity index (χ1v) is 4.90. The fourth-order valence-electron chi connectivity index (χ4n) is 1.28. The van der Waals surface area contributed by atoms with Crippen molar-refractivity contribution in [3.8, 4) is 11.4 Å². The molecular weight excluding hydrogens is 327 g/mol. The van der Waals surface area contributed by atoms with Crippen molar-refractivity contribution in [2.75, 3.05) is 0 Å². The average molecular weight is 342 g/mol. The van der Waals surface area contributed by atoms with Crippen LogP contribution in [0.1, 0.15) is 5.69 Å². The van der Waals surface area contributed by atoms with E-state index in [0.29, 0.717) is 17.9 Å². The van der Waals surface area contributed by atoms with E-state index in [4.69, 9.17) is 21.6 Å². The molecule has 10 heteroatoms. The molecule has 2 heterocycles. The maximum atomic E-state index is 5.51. The van der Waals surface area contributed by atoms with Gasteiger partial charge >= 0.3 is 6.01 Å². The Morgan fingerprint density at radius 1 is 1.10 bits per heavy atom. The summed E-state index contributed by atoms with van der Waals surface area (Å²) in [6.45, 7) is 0.368. The molecule has 0 aliphatic carbocycles. The standard InChI is InChI=1S/C10H12N6O.3ClH/c11-4-6-2-1-3-7(14-6)8-5-17-10(15-8)16-9(12)13;;;/h1-3,5H,4,11H2,(H4,12,13,15,16);3*1H. The number of aliphatic imine (C=N–C) groups is 1. The zero-order valence-electron chi connectivity index (χ0n) is 10.2. The zero-order valence-corrected chi connectivity index (χ0v) is 12.7. The van der Waals surface area contributed by atoms with Gasteiger partial charge in [0.05, 0.1) is 11.4 Å². The van der Waals surface area contributed by atoms with Crippen LogP contribution in [0.5, 0.6) is 0 Å². The second kappa shape index (κ2) is 9.38. The Hall–Kier alpha value is -1.54. The molecule has 0 spiro atoms. The molecule has 6 N–H and O–H groups in total. The smallest absolute Gasteiger partial charge is 0.325 e. The topological polar surface area (TPSA) is 129 Å². The average Bonchev–Trinajstić information content (AvgIpc) is 2.77. The molecule has 112 valence electrons. The highest BCUT2D eigenvalue weighted by Gasteiger charge is 2.07. The van der Waals surface area contributed by atoms with E-state index in [1.54, 1.807) is 6.07 Å². The molecule has 0 aliphatic heterocycles. The van der Waals surface area contributed by atoms with Gasteiger partial charge < -0.3 is 21.6 Å². The van der Waals surface area contributed by atoms with Crippen molar-refractivity contribution in [1.29, 1.82) is 0 Å². The maximum absolute atomic E-state index is 5.51. The van der Waals surface area contributed by atoms with Crippen LogP contribution in [0.2, 0.25) is 0 Å². The summed E-state index contributed by atoms with van der Waals surface area (Å²) in [5.41, 5.74) is 17.9. The van der Waals surface area contributed by atoms with E-state index in [0.717, 1.165) is 5.69 Å². The highest BCUT2D eigenvalue weighted by molar-refractivity contribution is 5.86. The summed E-state index contributed by atoms with van der Waals surface area (Å²) in [7, 11) is 0. The summed E-state index contributed by atoms with van der Waals surface area (Å²) in [4.78, 5) is 12.1. The van der Waals surface area contributed by atoms with Crippen LogP contribution in [0.4, 0.5) is 6.01 Å². The van der Waals surface area contributed by atoms with E-state index >= 15 is 0 Å². The van der Waals surface area contributed by atoms with Crippen molar-refractivity contribution in [2.24, 2.45) is 22.2 Å². The number of hydrogen-bond donors (Lipinski definition) is 3. The summed E-state index contributed by atoms with van der Waals surface area (Å²) in [6, 6.07) is 5.58. The highest BCUT2D eigenvalue weighted by atomic mass is 35.5. The minimum absolute atomic E-state index is 0. The normalized spacial score (nSPS) is 8.65. The lowest BCUT2D eigenvalue weighted by Crippen LogP contribution is -2.21. The summed E-state index contributed by atoms with van der Waals surface area (Å²) in [6.07, 6.45) is 1.43. The summed E-state index contributed by atoms with van der Waals surface area (Å²) in [5, 5.41) is 0. The van der Waals surface area contributed by atoms with Crippen LogP contribution in [0.3, 0.4) is 0 Å². The minimum Gasteiger partial charge on any atom is -0.430 e. The maximum Gasteiger partial charge on any atom is 0.325 e. The number of halogens is 3.